The third-order valence-electron chi connectivity index (χ3n) is 4.53. The van der Waals surface area contributed by atoms with Crippen molar-refractivity contribution in [2.75, 3.05) is 5.32 Å². The van der Waals surface area contributed by atoms with Gasteiger partial charge in [-0.1, -0.05) is 42.1 Å². The van der Waals surface area contributed by atoms with E-state index in [-0.39, 0.29) is 10.8 Å². The molecule has 7 nitrogen and oxygen atoms in total. The highest BCUT2D eigenvalue weighted by molar-refractivity contribution is 8.00. The zero-order valence-corrected chi connectivity index (χ0v) is 18.8. The number of nitrogens with one attached hydrogen (secondary N) is 1. The Bertz CT molecular complexity index is 1340. The highest BCUT2D eigenvalue weighted by atomic mass is 32.2. The summed E-state index contributed by atoms with van der Waals surface area (Å²) >= 11 is 2.89. The van der Waals surface area contributed by atoms with Crippen LogP contribution in [0.2, 0.25) is 0 Å². The van der Waals surface area contributed by atoms with Gasteiger partial charge in [0.1, 0.15) is 16.2 Å². The number of nitrogens with two attached hydrogens (primary N) is 1. The number of aromatic nitrogens is 2. The summed E-state index contributed by atoms with van der Waals surface area (Å²) in [6.45, 7) is 1.79. The normalized spacial score (nSPS) is 12.6. The topological polar surface area (TPSA) is 115 Å². The lowest BCUT2D eigenvalue weighted by Crippen LogP contribution is -2.22. The van der Waals surface area contributed by atoms with Crippen LogP contribution in [0.15, 0.2) is 76.2 Å². The molecular weight excluding hydrogens is 452 g/mol. The first-order chi connectivity index (χ1) is 14.8. The van der Waals surface area contributed by atoms with Gasteiger partial charge in [-0.2, -0.15) is 0 Å². The zero-order valence-electron chi connectivity index (χ0n) is 16.3. The highest BCUT2D eigenvalue weighted by Gasteiger charge is 2.20. The van der Waals surface area contributed by atoms with Gasteiger partial charge in [0.25, 0.3) is 0 Å². The molecule has 4 rings (SSSR count). The first-order valence-corrected chi connectivity index (χ1v) is 12.5. The number of sulfonamides is 1. The van der Waals surface area contributed by atoms with E-state index in [0.717, 1.165) is 26.4 Å². The largest absolute Gasteiger partial charge is 0.325 e. The van der Waals surface area contributed by atoms with Crippen molar-refractivity contribution in [3.63, 3.8) is 0 Å². The van der Waals surface area contributed by atoms with Crippen molar-refractivity contribution in [3.05, 3.63) is 66.3 Å². The number of nitrogens with zero attached hydrogens (tertiary/aromatic N) is 2. The summed E-state index contributed by atoms with van der Waals surface area (Å²) in [6, 6.07) is 15.7. The molecule has 0 aliphatic rings. The number of thiophene rings is 1. The maximum absolute atomic E-state index is 12.7. The van der Waals surface area contributed by atoms with Gasteiger partial charge in [0.05, 0.1) is 15.5 Å². The van der Waals surface area contributed by atoms with Crippen molar-refractivity contribution in [3.8, 4) is 11.1 Å². The number of benzene rings is 2. The fourth-order valence-corrected chi connectivity index (χ4v) is 5.39. The minimum absolute atomic E-state index is 0.0119. The Balaban J connectivity index is 1.55. The van der Waals surface area contributed by atoms with Crippen molar-refractivity contribution >= 4 is 54.9 Å². The number of anilines is 1. The van der Waals surface area contributed by atoms with Gasteiger partial charge in [-0.3, -0.25) is 4.79 Å². The summed E-state index contributed by atoms with van der Waals surface area (Å²) < 4.78 is 22.7. The highest BCUT2D eigenvalue weighted by Crippen LogP contribution is 2.39. The lowest BCUT2D eigenvalue weighted by atomic mass is 10.1. The number of carbonyl (C=O) groups excluding carboxylic acids is 1. The van der Waals surface area contributed by atoms with Gasteiger partial charge in [-0.05, 0) is 36.8 Å². The minimum atomic E-state index is -3.78. The number of thioether (sulfide) groups is 1. The fourth-order valence-electron chi connectivity index (χ4n) is 2.96. The summed E-state index contributed by atoms with van der Waals surface area (Å²) in [5.74, 6) is -0.225. The average molecular weight is 471 g/mol. The molecule has 0 aliphatic carbocycles. The van der Waals surface area contributed by atoms with Crippen LogP contribution in [0.4, 0.5) is 5.69 Å². The van der Waals surface area contributed by atoms with Gasteiger partial charge in [0, 0.05) is 16.6 Å². The summed E-state index contributed by atoms with van der Waals surface area (Å²) in [6.07, 6.45) is 1.51. The molecule has 0 bridgehead atoms. The molecule has 0 aliphatic heterocycles. The molecular formula is C21H18N4O3S3. The minimum Gasteiger partial charge on any atom is -0.325 e. The Kier molecular flexibility index (Phi) is 6.05. The quantitative estimate of drug-likeness (QED) is 0.323. The molecule has 0 spiro atoms. The molecule has 2 aromatic carbocycles. The Morgan fingerprint density at radius 3 is 2.48 bits per heavy atom. The first-order valence-electron chi connectivity index (χ1n) is 9.21. The van der Waals surface area contributed by atoms with Gasteiger partial charge in [0.15, 0.2) is 0 Å². The van der Waals surface area contributed by atoms with E-state index >= 15 is 0 Å². The third-order valence-corrected chi connectivity index (χ3v) is 7.44. The van der Waals surface area contributed by atoms with Gasteiger partial charge in [-0.25, -0.2) is 23.5 Å². The first kappa shape index (κ1) is 21.4. The van der Waals surface area contributed by atoms with Crippen LogP contribution in [0.3, 0.4) is 0 Å². The van der Waals surface area contributed by atoms with E-state index in [2.05, 4.69) is 20.7 Å². The van der Waals surface area contributed by atoms with Crippen LogP contribution < -0.4 is 10.5 Å². The van der Waals surface area contributed by atoms with Gasteiger partial charge < -0.3 is 5.32 Å². The molecule has 1 atom stereocenters. The van der Waals surface area contributed by atoms with E-state index in [1.165, 1.54) is 42.4 Å². The Labute approximate surface area is 187 Å². The van der Waals surface area contributed by atoms with E-state index in [4.69, 9.17) is 5.14 Å². The Morgan fingerprint density at radius 1 is 1.10 bits per heavy atom. The lowest BCUT2D eigenvalue weighted by Gasteiger charge is -2.13. The van der Waals surface area contributed by atoms with Crippen LogP contribution in [0.25, 0.3) is 21.3 Å². The van der Waals surface area contributed by atoms with Crippen molar-refractivity contribution in [2.24, 2.45) is 5.14 Å². The van der Waals surface area contributed by atoms with E-state index < -0.39 is 15.3 Å². The summed E-state index contributed by atoms with van der Waals surface area (Å²) in [5, 5.41) is 11.2. The predicted octanol–water partition coefficient (Wildman–Crippen LogP) is 4.13. The molecule has 10 heteroatoms. The second kappa shape index (κ2) is 8.75. The SMILES string of the molecule is CC(Sc1ncnc2scc(-c3ccccc3)c12)C(=O)Nc1ccc(S(N)(=O)=O)cc1. The third kappa shape index (κ3) is 4.77. The predicted molar refractivity (Wildman–Crippen MR) is 125 cm³/mol. The van der Waals surface area contributed by atoms with Gasteiger partial charge in [-0.15, -0.1) is 11.3 Å². The van der Waals surface area contributed by atoms with Gasteiger partial charge in [0.2, 0.25) is 15.9 Å². The Hall–Kier alpha value is -2.79. The molecule has 3 N–H and O–H groups in total. The lowest BCUT2D eigenvalue weighted by molar-refractivity contribution is -0.115. The van der Waals surface area contributed by atoms with Gasteiger partial charge >= 0.3 is 0 Å². The van der Waals surface area contributed by atoms with E-state index in [9.17, 15) is 13.2 Å². The number of hydrogen-bond donors (Lipinski definition) is 2. The number of primary sulfonamides is 1. The number of hydrogen-bond acceptors (Lipinski definition) is 7. The number of rotatable bonds is 6. The standard InChI is InChI=1S/C21H18N4O3S3/c1-13(19(26)25-15-7-9-16(10-8-15)31(22,27)28)30-21-18-17(14-5-3-2-4-6-14)11-29-20(18)23-12-24-21/h2-13H,1H3,(H,25,26)(H2,22,27,28). The summed E-state index contributed by atoms with van der Waals surface area (Å²) in [4.78, 5) is 22.4. The maximum Gasteiger partial charge on any atom is 0.238 e. The van der Waals surface area contributed by atoms with Crippen LogP contribution >= 0.6 is 23.1 Å². The van der Waals surface area contributed by atoms with E-state index in [1.807, 2.05) is 30.3 Å². The molecule has 0 fully saturated rings. The van der Waals surface area contributed by atoms with E-state index in [1.54, 1.807) is 18.3 Å². The Morgan fingerprint density at radius 2 is 1.81 bits per heavy atom. The summed E-state index contributed by atoms with van der Waals surface area (Å²) in [7, 11) is -3.78. The summed E-state index contributed by atoms with van der Waals surface area (Å²) in [5.41, 5.74) is 2.59. The smallest absolute Gasteiger partial charge is 0.238 e. The van der Waals surface area contributed by atoms with E-state index in [0.29, 0.717) is 5.69 Å². The second-order valence-corrected chi connectivity index (χ2v) is 10.4. The second-order valence-electron chi connectivity index (χ2n) is 6.69. The van der Waals surface area contributed by atoms with Crippen molar-refractivity contribution in [2.45, 2.75) is 22.1 Å². The molecule has 2 heterocycles. The van der Waals surface area contributed by atoms with Crippen LogP contribution in [0.1, 0.15) is 6.92 Å². The molecule has 4 aromatic rings. The zero-order chi connectivity index (χ0) is 22.0. The number of fused-ring (bicyclic) bond motifs is 1. The molecule has 0 saturated carbocycles. The molecule has 0 radical (unpaired) electrons. The van der Waals surface area contributed by atoms with Crippen molar-refractivity contribution in [1.82, 2.24) is 9.97 Å². The monoisotopic (exact) mass is 470 g/mol. The fraction of sp³-hybridized carbons (Fsp3) is 0.0952. The van der Waals surface area contributed by atoms with Crippen LogP contribution in [0.5, 0.6) is 0 Å². The molecule has 1 amide bonds. The van der Waals surface area contributed by atoms with Crippen LogP contribution in [-0.4, -0.2) is 29.5 Å². The number of amides is 1. The molecule has 2 aromatic heterocycles. The van der Waals surface area contributed by atoms with Crippen LogP contribution in [-0.2, 0) is 14.8 Å². The van der Waals surface area contributed by atoms with Crippen molar-refractivity contribution in [1.29, 1.82) is 0 Å². The molecule has 31 heavy (non-hydrogen) atoms. The molecule has 0 saturated heterocycles. The van der Waals surface area contributed by atoms with Crippen LogP contribution in [0, 0.1) is 0 Å². The van der Waals surface area contributed by atoms with Crippen molar-refractivity contribution < 1.29 is 13.2 Å². The molecule has 1 unspecified atom stereocenters. The maximum atomic E-state index is 12.7. The molecule has 158 valence electrons. The number of carbonyl (C=O) groups is 1. The average Bonchev–Trinajstić information content (AvgIpc) is 3.19.